The van der Waals surface area contributed by atoms with Crippen LogP contribution < -0.4 is 5.32 Å². The molecular weight excluding hydrogens is 472 g/mol. The molecule has 0 bridgehead atoms. The summed E-state index contributed by atoms with van der Waals surface area (Å²) in [5, 5.41) is 3.94. The Morgan fingerprint density at radius 1 is 0.897 bits per heavy atom. The fourth-order valence-corrected chi connectivity index (χ4v) is 7.22. The number of hydrogen-bond donors (Lipinski definition) is 1. The second kappa shape index (κ2) is 13.1. The highest BCUT2D eigenvalue weighted by molar-refractivity contribution is 5.57. The van der Waals surface area contributed by atoms with Gasteiger partial charge in [-0.3, -0.25) is 0 Å². The maximum Gasteiger partial charge on any atom is 0.0348 e. The largest absolute Gasteiger partial charge is 0.382 e. The summed E-state index contributed by atoms with van der Waals surface area (Å²) in [6.45, 7) is 31.7. The molecule has 0 spiro atoms. The van der Waals surface area contributed by atoms with Gasteiger partial charge in [-0.15, -0.1) is 0 Å². The maximum atomic E-state index is 4.76. The summed E-state index contributed by atoms with van der Waals surface area (Å²) in [4.78, 5) is 2.35. The summed E-state index contributed by atoms with van der Waals surface area (Å²) in [5.74, 6) is 3.98. The Hall–Kier alpha value is -1.96. The van der Waals surface area contributed by atoms with Crippen molar-refractivity contribution in [2.45, 2.75) is 114 Å². The highest BCUT2D eigenvalue weighted by Crippen LogP contribution is 2.48. The second-order valence-electron chi connectivity index (χ2n) is 13.7. The first-order valence-corrected chi connectivity index (χ1v) is 15.9. The Labute approximate surface area is 242 Å². The molecule has 0 aromatic rings. The topological polar surface area (TPSA) is 15.3 Å². The van der Waals surface area contributed by atoms with Gasteiger partial charge in [0.05, 0.1) is 0 Å². The lowest BCUT2D eigenvalue weighted by atomic mass is 9.75. The van der Waals surface area contributed by atoms with Crippen molar-refractivity contribution in [3.8, 4) is 0 Å². The van der Waals surface area contributed by atoms with Crippen molar-refractivity contribution < 1.29 is 0 Å². The normalized spacial score (nSPS) is 33.1. The molecule has 39 heavy (non-hydrogen) atoms. The van der Waals surface area contributed by atoms with Gasteiger partial charge in [-0.1, -0.05) is 53.3 Å². The average Bonchev–Trinajstić information content (AvgIpc) is 3.41. The Bertz CT molecular complexity index is 1070. The standard InChI is InChI=1S/C37H60N2/c1-14-39(13)32(12)30(10)29(9)27(7)19-28(8)36(35-23(3)15-16-24(35)4)37(33-20-25(5)26(6)21-33)31(11)38-34-18-17-22(34)2/h19-20,22-26,34-35,38H,11,14-18,21H2,1-10,12-13H3/b28-19+,29-27+,32-30-,37-36-/t22?,23?,24?,25-,26?,34?,35?/m0/s1. The van der Waals surface area contributed by atoms with Gasteiger partial charge in [-0.25, -0.2) is 0 Å². The summed E-state index contributed by atoms with van der Waals surface area (Å²) in [7, 11) is 2.19. The first-order valence-electron chi connectivity index (χ1n) is 15.9. The Morgan fingerprint density at radius 3 is 1.95 bits per heavy atom. The molecule has 218 valence electrons. The Kier molecular flexibility index (Phi) is 10.6. The molecule has 2 heteroatoms. The molecule has 2 saturated carbocycles. The maximum absolute atomic E-state index is 4.76. The van der Waals surface area contributed by atoms with Crippen LogP contribution in [0.4, 0.5) is 0 Å². The predicted octanol–water partition coefficient (Wildman–Crippen LogP) is 10.00. The molecule has 3 aliphatic carbocycles. The van der Waals surface area contributed by atoms with Crippen molar-refractivity contribution in [3.63, 3.8) is 0 Å². The van der Waals surface area contributed by atoms with Gasteiger partial charge >= 0.3 is 0 Å². The van der Waals surface area contributed by atoms with E-state index in [9.17, 15) is 0 Å². The molecule has 0 amide bonds. The van der Waals surface area contributed by atoms with Crippen LogP contribution in [-0.4, -0.2) is 24.5 Å². The van der Waals surface area contributed by atoms with E-state index in [-0.39, 0.29) is 0 Å². The first kappa shape index (κ1) is 31.6. The van der Waals surface area contributed by atoms with Gasteiger partial charge in [0.2, 0.25) is 0 Å². The number of nitrogens with one attached hydrogen (secondary N) is 1. The highest BCUT2D eigenvalue weighted by atomic mass is 15.1. The minimum atomic E-state index is 0.559. The molecule has 0 aromatic carbocycles. The molecule has 1 N–H and O–H groups in total. The van der Waals surface area contributed by atoms with Crippen LogP contribution in [0.1, 0.15) is 108 Å². The third-order valence-electron chi connectivity index (χ3n) is 11.0. The van der Waals surface area contributed by atoms with Crippen LogP contribution in [0.3, 0.4) is 0 Å². The highest BCUT2D eigenvalue weighted by Gasteiger charge is 2.38. The van der Waals surface area contributed by atoms with Crippen LogP contribution in [-0.2, 0) is 0 Å². The molecule has 0 aliphatic heterocycles. The van der Waals surface area contributed by atoms with E-state index in [0.717, 1.165) is 18.9 Å². The zero-order chi connectivity index (χ0) is 29.2. The van der Waals surface area contributed by atoms with Crippen molar-refractivity contribution in [2.75, 3.05) is 13.6 Å². The number of allylic oxidation sites excluding steroid dienone is 9. The minimum Gasteiger partial charge on any atom is -0.382 e. The van der Waals surface area contributed by atoms with E-state index in [0.29, 0.717) is 35.6 Å². The van der Waals surface area contributed by atoms with Crippen LogP contribution >= 0.6 is 0 Å². The van der Waals surface area contributed by atoms with Crippen LogP contribution in [0, 0.1) is 35.5 Å². The van der Waals surface area contributed by atoms with E-state index in [1.807, 2.05) is 0 Å². The number of rotatable bonds is 10. The molecule has 2 nitrogen and oxygen atoms in total. The fraction of sp³-hybridized carbons (Fsp3) is 0.676. The van der Waals surface area contributed by atoms with Crippen LogP contribution in [0.25, 0.3) is 0 Å². The molecule has 0 saturated heterocycles. The monoisotopic (exact) mass is 532 g/mol. The van der Waals surface area contributed by atoms with E-state index in [2.05, 4.69) is 106 Å². The van der Waals surface area contributed by atoms with Gasteiger partial charge in [0, 0.05) is 36.6 Å². The van der Waals surface area contributed by atoms with Gasteiger partial charge in [0.15, 0.2) is 0 Å². The Balaban J connectivity index is 2.22. The minimum absolute atomic E-state index is 0.559. The molecule has 3 aliphatic rings. The molecule has 6 atom stereocenters. The first-order chi connectivity index (χ1) is 18.3. The zero-order valence-corrected chi connectivity index (χ0v) is 27.6. The lowest BCUT2D eigenvalue weighted by molar-refractivity contribution is 0.246. The molecular formula is C37H60N2. The number of hydrogen-bond acceptors (Lipinski definition) is 2. The summed E-state index contributed by atoms with van der Waals surface area (Å²) in [6.07, 6.45) is 11.4. The van der Waals surface area contributed by atoms with Gasteiger partial charge in [0.25, 0.3) is 0 Å². The van der Waals surface area contributed by atoms with Crippen molar-refractivity contribution in [1.82, 2.24) is 10.2 Å². The molecule has 5 unspecified atom stereocenters. The summed E-state index contributed by atoms with van der Waals surface area (Å²) < 4.78 is 0. The van der Waals surface area contributed by atoms with E-state index in [1.54, 1.807) is 5.57 Å². The Morgan fingerprint density at radius 2 is 1.49 bits per heavy atom. The lowest BCUT2D eigenvalue weighted by Crippen LogP contribution is -2.42. The summed E-state index contributed by atoms with van der Waals surface area (Å²) >= 11 is 0. The van der Waals surface area contributed by atoms with E-state index in [1.165, 1.54) is 70.5 Å². The fourth-order valence-electron chi connectivity index (χ4n) is 7.22. The molecule has 2 fully saturated rings. The van der Waals surface area contributed by atoms with Crippen LogP contribution in [0.2, 0.25) is 0 Å². The number of nitrogens with zero attached hydrogens (tertiary/aromatic N) is 1. The third kappa shape index (κ3) is 6.86. The quantitative estimate of drug-likeness (QED) is 0.282. The molecule has 3 rings (SSSR count). The third-order valence-corrected chi connectivity index (χ3v) is 11.0. The van der Waals surface area contributed by atoms with E-state index >= 15 is 0 Å². The van der Waals surface area contributed by atoms with Gasteiger partial charge in [-0.05, 0) is 143 Å². The van der Waals surface area contributed by atoms with E-state index < -0.39 is 0 Å². The summed E-state index contributed by atoms with van der Waals surface area (Å²) in [6, 6.07) is 0.559. The summed E-state index contributed by atoms with van der Waals surface area (Å²) in [5.41, 5.74) is 12.7. The van der Waals surface area contributed by atoms with Crippen LogP contribution in [0.15, 0.2) is 69.1 Å². The molecule has 0 heterocycles. The lowest BCUT2D eigenvalue weighted by Gasteiger charge is -2.38. The predicted molar refractivity (Wildman–Crippen MR) is 172 cm³/mol. The zero-order valence-electron chi connectivity index (χ0n) is 27.6. The smallest absolute Gasteiger partial charge is 0.0348 e. The van der Waals surface area contributed by atoms with E-state index in [4.69, 9.17) is 6.58 Å². The van der Waals surface area contributed by atoms with Crippen molar-refractivity contribution >= 4 is 0 Å². The second-order valence-corrected chi connectivity index (χ2v) is 13.7. The van der Waals surface area contributed by atoms with Gasteiger partial charge in [-0.2, -0.15) is 0 Å². The van der Waals surface area contributed by atoms with Gasteiger partial charge in [0.1, 0.15) is 0 Å². The van der Waals surface area contributed by atoms with Crippen molar-refractivity contribution in [2.24, 2.45) is 35.5 Å². The SMILES string of the molecule is C=C(NC1CCC1C)\C(C1=C[C@H](C)C(C)C1)=C(/C(C)=C/C(C)=C(C)/C(C)=C(/C)N(C)CC)C1C(C)CCC1C. The van der Waals surface area contributed by atoms with Crippen molar-refractivity contribution in [1.29, 1.82) is 0 Å². The molecule has 0 aromatic heterocycles. The molecule has 0 radical (unpaired) electrons. The van der Waals surface area contributed by atoms with Crippen LogP contribution in [0.5, 0.6) is 0 Å². The van der Waals surface area contributed by atoms with Gasteiger partial charge < -0.3 is 10.2 Å². The average molecular weight is 533 g/mol. The van der Waals surface area contributed by atoms with Crippen molar-refractivity contribution in [3.05, 3.63) is 69.1 Å².